The van der Waals surface area contributed by atoms with Crippen molar-refractivity contribution in [2.24, 2.45) is 5.41 Å². The zero-order valence-corrected chi connectivity index (χ0v) is 22.1. The fourth-order valence-corrected chi connectivity index (χ4v) is 5.14. The summed E-state index contributed by atoms with van der Waals surface area (Å²) in [6.07, 6.45) is 8.27. The molecule has 0 radical (unpaired) electrons. The number of rotatable bonds is 11. The Labute approximate surface area is 191 Å². The molecule has 29 heavy (non-hydrogen) atoms. The normalized spacial score (nSPS) is 17.2. The van der Waals surface area contributed by atoms with Crippen molar-refractivity contribution in [1.29, 1.82) is 0 Å². The van der Waals surface area contributed by atoms with Gasteiger partial charge in [-0.1, -0.05) is 12.8 Å². The van der Waals surface area contributed by atoms with E-state index < -0.39 is 0 Å². The predicted molar refractivity (Wildman–Crippen MR) is 118 cm³/mol. The van der Waals surface area contributed by atoms with Gasteiger partial charge >= 0.3 is 143 Å². The molecule has 0 aliphatic heterocycles. The molecule has 1 aliphatic carbocycles. The topological polar surface area (TPSA) is 27.7 Å². The van der Waals surface area contributed by atoms with E-state index in [0.29, 0.717) is 13.2 Å². The van der Waals surface area contributed by atoms with Crippen LogP contribution in [0.1, 0.15) is 53.4 Å². The standard InChI is InChI=1S/C24H33O3S.W/c1-6-19(3)23(20(4)7-2)16-26-21-10-12-22(13-11-21)28-18-24(17-27-25-5)14-8-9-15-24;/h10-13H,8-9,14-18H2,1-5H3;/q-1;/b23-19-;. The number of allylic oxidation sites excluding steroid dienone is 2. The van der Waals surface area contributed by atoms with Gasteiger partial charge in [-0.25, -0.2) is 9.78 Å². The number of hydrogen-bond donors (Lipinski definition) is 0. The van der Waals surface area contributed by atoms with Gasteiger partial charge in [0, 0.05) is 0 Å². The van der Waals surface area contributed by atoms with Crippen LogP contribution in [-0.4, -0.2) is 30.0 Å². The first-order chi connectivity index (χ1) is 13.9. The van der Waals surface area contributed by atoms with Crippen molar-refractivity contribution in [2.45, 2.75) is 58.3 Å². The SMILES string of the molecule is C[C-]=C(C)/C(COc1ccc(SCC2(COOC)CCCC2)cc1)=C(/C)[C](C)=[W]. The summed E-state index contributed by atoms with van der Waals surface area (Å²) < 4.78 is 7.49. The first kappa shape index (κ1) is 24.6. The Kier molecular flexibility index (Phi) is 10.4. The Balaban J connectivity index is 1.96. The molecular formula is C24H33O3SW-. The average molecular weight is 585 g/mol. The molecule has 0 aromatic heterocycles. The van der Waals surface area contributed by atoms with Crippen molar-refractivity contribution in [1.82, 2.24) is 0 Å². The molecule has 0 amide bonds. The van der Waals surface area contributed by atoms with Gasteiger partial charge in [0.2, 0.25) is 0 Å². The summed E-state index contributed by atoms with van der Waals surface area (Å²) in [6.45, 7) is 9.67. The molecule has 3 nitrogen and oxygen atoms in total. The molecule has 160 valence electrons. The van der Waals surface area contributed by atoms with Crippen molar-refractivity contribution >= 4 is 15.7 Å². The van der Waals surface area contributed by atoms with E-state index in [0.717, 1.165) is 17.1 Å². The molecule has 2 rings (SSSR count). The number of hydrogen-bond acceptors (Lipinski definition) is 4. The fourth-order valence-electron chi connectivity index (χ4n) is 3.52. The molecule has 1 aromatic rings. The monoisotopic (exact) mass is 585 g/mol. The number of benzene rings is 1. The second-order valence-electron chi connectivity index (χ2n) is 7.72. The van der Waals surface area contributed by atoms with Crippen LogP contribution in [0.25, 0.3) is 0 Å². The molecule has 0 bridgehead atoms. The van der Waals surface area contributed by atoms with Crippen molar-refractivity contribution in [2.75, 3.05) is 26.1 Å². The van der Waals surface area contributed by atoms with Crippen LogP contribution >= 0.6 is 11.8 Å². The Morgan fingerprint density at radius 3 is 2.34 bits per heavy atom. The van der Waals surface area contributed by atoms with E-state index in [1.54, 1.807) is 7.11 Å². The summed E-state index contributed by atoms with van der Waals surface area (Å²) >= 11 is 3.40. The molecule has 0 N–H and O–H groups in total. The van der Waals surface area contributed by atoms with E-state index in [4.69, 9.17) is 14.5 Å². The van der Waals surface area contributed by atoms with E-state index >= 15 is 0 Å². The van der Waals surface area contributed by atoms with Crippen LogP contribution in [0.4, 0.5) is 0 Å². The van der Waals surface area contributed by atoms with Gasteiger partial charge in [-0.3, -0.25) is 0 Å². The summed E-state index contributed by atoms with van der Waals surface area (Å²) in [7, 11) is 1.59. The summed E-state index contributed by atoms with van der Waals surface area (Å²) in [5.74, 6) is 1.97. The van der Waals surface area contributed by atoms with Gasteiger partial charge < -0.3 is 0 Å². The van der Waals surface area contributed by atoms with Gasteiger partial charge in [0.05, 0.1) is 13.7 Å². The molecule has 0 atom stereocenters. The maximum atomic E-state index is 6.10. The van der Waals surface area contributed by atoms with Crippen LogP contribution in [0.2, 0.25) is 0 Å². The van der Waals surface area contributed by atoms with Gasteiger partial charge in [0.1, 0.15) is 0 Å². The van der Waals surface area contributed by atoms with Gasteiger partial charge in [0.15, 0.2) is 0 Å². The molecule has 1 aliphatic rings. The van der Waals surface area contributed by atoms with E-state index in [9.17, 15) is 0 Å². The van der Waals surface area contributed by atoms with Crippen molar-refractivity contribution < 1.29 is 33.9 Å². The molecule has 1 fully saturated rings. The second-order valence-corrected chi connectivity index (χ2v) is 11.0. The molecule has 0 heterocycles. The molecule has 0 unspecified atom stereocenters. The molecule has 5 heteroatoms. The quantitative estimate of drug-likeness (QED) is 0.103. The molecule has 0 spiro atoms. The third kappa shape index (κ3) is 7.51. The fraction of sp³-hybridized carbons (Fsp3) is 0.542. The third-order valence-corrected chi connectivity index (χ3v) is 8.17. The average Bonchev–Trinajstić information content (AvgIpc) is 3.20. The van der Waals surface area contributed by atoms with E-state index in [1.807, 2.05) is 18.7 Å². The maximum absolute atomic E-state index is 6.10. The first-order valence-corrected chi connectivity index (χ1v) is 12.6. The Bertz CT molecular complexity index is 731. The number of thioether (sulfide) groups is 1. The molecule has 0 saturated heterocycles. The third-order valence-electron chi connectivity index (χ3n) is 5.71. The van der Waals surface area contributed by atoms with Crippen LogP contribution in [0.5, 0.6) is 5.75 Å². The molecular weight excluding hydrogens is 552 g/mol. The van der Waals surface area contributed by atoms with Crippen molar-refractivity contribution in [3.63, 3.8) is 0 Å². The summed E-state index contributed by atoms with van der Waals surface area (Å²) in [5.41, 5.74) is 3.96. The van der Waals surface area contributed by atoms with Crippen LogP contribution in [0.15, 0.2) is 45.9 Å². The predicted octanol–water partition coefficient (Wildman–Crippen LogP) is 6.12. The zero-order chi connectivity index (χ0) is 21.3. The van der Waals surface area contributed by atoms with Crippen LogP contribution in [0, 0.1) is 11.5 Å². The van der Waals surface area contributed by atoms with E-state index in [1.165, 1.54) is 65.0 Å². The van der Waals surface area contributed by atoms with Gasteiger partial charge in [-0.15, -0.1) is 0 Å². The first-order valence-electron chi connectivity index (χ1n) is 10.1. The Morgan fingerprint density at radius 2 is 1.79 bits per heavy atom. The summed E-state index contributed by atoms with van der Waals surface area (Å²) in [6, 6.07) is 8.47. The van der Waals surface area contributed by atoms with Gasteiger partial charge in [-0.2, -0.15) is 0 Å². The minimum atomic E-state index is 0.240. The van der Waals surface area contributed by atoms with Crippen LogP contribution < -0.4 is 4.74 Å². The van der Waals surface area contributed by atoms with Crippen LogP contribution in [-0.2, 0) is 29.1 Å². The van der Waals surface area contributed by atoms with Gasteiger partial charge in [-0.05, 0) is 12.8 Å². The summed E-state index contributed by atoms with van der Waals surface area (Å²) in [4.78, 5) is 11.4. The van der Waals surface area contributed by atoms with Gasteiger partial charge in [0.25, 0.3) is 0 Å². The molecule has 1 saturated carbocycles. The number of ether oxygens (including phenoxy) is 1. The summed E-state index contributed by atoms with van der Waals surface area (Å²) in [5, 5.41) is 0. The van der Waals surface area contributed by atoms with Crippen molar-refractivity contribution in [3.05, 3.63) is 47.1 Å². The van der Waals surface area contributed by atoms with E-state index in [2.05, 4.69) is 51.1 Å². The van der Waals surface area contributed by atoms with E-state index in [-0.39, 0.29) is 5.41 Å². The Hall–Kier alpha value is -0.672. The minimum absolute atomic E-state index is 0.240. The van der Waals surface area contributed by atoms with Crippen LogP contribution in [0.3, 0.4) is 0 Å². The second kappa shape index (κ2) is 12.2. The molecule has 1 aromatic carbocycles. The van der Waals surface area contributed by atoms with Crippen molar-refractivity contribution in [3.8, 4) is 5.75 Å². The Morgan fingerprint density at radius 1 is 1.14 bits per heavy atom. The zero-order valence-electron chi connectivity index (χ0n) is 18.3.